The minimum Gasteiger partial charge on any atom is -0.343 e. The van der Waals surface area contributed by atoms with Gasteiger partial charge in [0, 0.05) is 43.7 Å². The Morgan fingerprint density at radius 1 is 1.10 bits per heavy atom. The number of amides is 1. The van der Waals surface area contributed by atoms with Crippen LogP contribution in [0.25, 0.3) is 0 Å². The standard InChI is InChI=1S/C25H35N3O2/c1-17(2)16-20-6-8-21(9-7-20)25(30)22-12-14-28(15-13-22)24(29)11-10-23-18(3)26-27(5)19(23)4/h6-9,17,22H,10-16H2,1-5H3. The Bertz CT molecular complexity index is 888. The molecule has 1 aromatic carbocycles. The minimum absolute atomic E-state index is 0.0211. The van der Waals surface area contributed by atoms with Crippen molar-refractivity contribution in [1.29, 1.82) is 0 Å². The highest BCUT2D eigenvalue weighted by atomic mass is 16.2. The summed E-state index contributed by atoms with van der Waals surface area (Å²) in [4.78, 5) is 27.5. The van der Waals surface area contributed by atoms with E-state index in [9.17, 15) is 9.59 Å². The van der Waals surface area contributed by atoms with Crippen LogP contribution in [0.5, 0.6) is 0 Å². The van der Waals surface area contributed by atoms with Crippen LogP contribution >= 0.6 is 0 Å². The zero-order valence-corrected chi connectivity index (χ0v) is 19.1. The number of benzene rings is 1. The van der Waals surface area contributed by atoms with Crippen molar-refractivity contribution in [3.63, 3.8) is 0 Å². The molecular weight excluding hydrogens is 374 g/mol. The molecular formula is C25H35N3O2. The molecule has 0 N–H and O–H groups in total. The maximum absolute atomic E-state index is 12.9. The molecule has 1 aromatic heterocycles. The lowest BCUT2D eigenvalue weighted by atomic mass is 9.88. The Morgan fingerprint density at radius 3 is 2.27 bits per heavy atom. The molecule has 1 saturated heterocycles. The number of hydrogen-bond acceptors (Lipinski definition) is 3. The molecule has 2 heterocycles. The number of rotatable bonds is 7. The number of ketones is 1. The van der Waals surface area contributed by atoms with Crippen molar-refractivity contribution in [2.75, 3.05) is 13.1 Å². The second-order valence-corrected chi connectivity index (χ2v) is 9.09. The number of likely N-dealkylation sites (tertiary alicyclic amines) is 1. The second-order valence-electron chi connectivity index (χ2n) is 9.09. The number of hydrogen-bond donors (Lipinski definition) is 0. The Labute approximate surface area is 180 Å². The first kappa shape index (κ1) is 22.3. The number of aryl methyl sites for hydroxylation is 2. The van der Waals surface area contributed by atoms with Gasteiger partial charge in [-0.2, -0.15) is 5.10 Å². The molecule has 0 unspecified atom stereocenters. The number of aromatic nitrogens is 2. The van der Waals surface area contributed by atoms with Crippen molar-refractivity contribution in [1.82, 2.24) is 14.7 Å². The maximum Gasteiger partial charge on any atom is 0.222 e. The molecule has 5 nitrogen and oxygen atoms in total. The van der Waals surface area contributed by atoms with Crippen LogP contribution in [-0.4, -0.2) is 39.5 Å². The zero-order chi connectivity index (χ0) is 21.8. The van der Waals surface area contributed by atoms with Crippen molar-refractivity contribution in [3.8, 4) is 0 Å². The number of nitrogens with zero attached hydrogens (tertiary/aromatic N) is 3. The molecule has 5 heteroatoms. The lowest BCUT2D eigenvalue weighted by molar-refractivity contribution is -0.132. The van der Waals surface area contributed by atoms with Gasteiger partial charge in [-0.05, 0) is 56.6 Å². The van der Waals surface area contributed by atoms with Crippen molar-refractivity contribution in [2.45, 2.75) is 59.8 Å². The van der Waals surface area contributed by atoms with Gasteiger partial charge in [0.15, 0.2) is 5.78 Å². The van der Waals surface area contributed by atoms with E-state index < -0.39 is 0 Å². The van der Waals surface area contributed by atoms with Crippen LogP contribution in [0.4, 0.5) is 0 Å². The number of carbonyl (C=O) groups excluding carboxylic acids is 2. The highest BCUT2D eigenvalue weighted by Gasteiger charge is 2.28. The van der Waals surface area contributed by atoms with Gasteiger partial charge in [0.1, 0.15) is 0 Å². The smallest absolute Gasteiger partial charge is 0.222 e. The third-order valence-electron chi connectivity index (χ3n) is 6.35. The predicted octanol–water partition coefficient (Wildman–Crippen LogP) is 4.29. The predicted molar refractivity (Wildman–Crippen MR) is 120 cm³/mol. The minimum atomic E-state index is 0.0211. The number of piperidine rings is 1. The molecule has 30 heavy (non-hydrogen) atoms. The highest BCUT2D eigenvalue weighted by molar-refractivity contribution is 5.98. The molecule has 2 aromatic rings. The van der Waals surface area contributed by atoms with Gasteiger partial charge in [-0.3, -0.25) is 14.3 Å². The van der Waals surface area contributed by atoms with E-state index in [1.807, 2.05) is 42.6 Å². The normalized spacial score (nSPS) is 15.1. The monoisotopic (exact) mass is 409 g/mol. The number of Topliss-reactive ketones (excluding diaryl/α,β-unsaturated/α-hetero) is 1. The largest absolute Gasteiger partial charge is 0.343 e. The van der Waals surface area contributed by atoms with Crippen LogP contribution in [0.3, 0.4) is 0 Å². The second kappa shape index (κ2) is 9.59. The maximum atomic E-state index is 12.9. The molecule has 1 fully saturated rings. The summed E-state index contributed by atoms with van der Waals surface area (Å²) in [7, 11) is 1.94. The summed E-state index contributed by atoms with van der Waals surface area (Å²) in [6, 6.07) is 8.09. The average Bonchev–Trinajstić information content (AvgIpc) is 2.97. The molecule has 162 valence electrons. The van der Waals surface area contributed by atoms with Gasteiger partial charge in [0.25, 0.3) is 0 Å². The van der Waals surface area contributed by atoms with Gasteiger partial charge in [-0.25, -0.2) is 0 Å². The highest BCUT2D eigenvalue weighted by Crippen LogP contribution is 2.23. The van der Waals surface area contributed by atoms with E-state index >= 15 is 0 Å². The first-order valence-electron chi connectivity index (χ1n) is 11.2. The summed E-state index contributed by atoms with van der Waals surface area (Å²) in [5, 5.41) is 4.43. The Morgan fingerprint density at radius 2 is 1.73 bits per heavy atom. The first-order chi connectivity index (χ1) is 14.3. The van der Waals surface area contributed by atoms with Crippen LogP contribution in [-0.2, 0) is 24.7 Å². The van der Waals surface area contributed by atoms with E-state index in [4.69, 9.17) is 0 Å². The van der Waals surface area contributed by atoms with E-state index in [1.165, 1.54) is 11.1 Å². The van der Waals surface area contributed by atoms with Gasteiger partial charge < -0.3 is 4.90 Å². The molecule has 0 aliphatic carbocycles. The molecule has 1 aliphatic rings. The Balaban J connectivity index is 1.50. The van der Waals surface area contributed by atoms with Crippen LogP contribution in [0.15, 0.2) is 24.3 Å². The first-order valence-corrected chi connectivity index (χ1v) is 11.2. The topological polar surface area (TPSA) is 55.2 Å². The summed E-state index contributed by atoms with van der Waals surface area (Å²) >= 11 is 0. The quantitative estimate of drug-likeness (QED) is 0.641. The summed E-state index contributed by atoms with van der Waals surface area (Å²) < 4.78 is 1.88. The third-order valence-corrected chi connectivity index (χ3v) is 6.35. The van der Waals surface area contributed by atoms with Crippen LogP contribution in [0.2, 0.25) is 0 Å². The van der Waals surface area contributed by atoms with Crippen LogP contribution in [0, 0.1) is 25.7 Å². The summed E-state index contributed by atoms with van der Waals surface area (Å²) in [5.41, 5.74) is 5.39. The summed E-state index contributed by atoms with van der Waals surface area (Å²) in [6.07, 6.45) is 3.77. The van der Waals surface area contributed by atoms with E-state index in [2.05, 4.69) is 31.1 Å². The van der Waals surface area contributed by atoms with Crippen molar-refractivity contribution < 1.29 is 9.59 Å². The SMILES string of the molecule is Cc1nn(C)c(C)c1CCC(=O)N1CCC(C(=O)c2ccc(CC(C)C)cc2)CC1. The van der Waals surface area contributed by atoms with E-state index in [1.54, 1.807) is 0 Å². The molecule has 0 spiro atoms. The fourth-order valence-corrected chi connectivity index (χ4v) is 4.47. The van der Waals surface area contributed by atoms with Crippen molar-refractivity contribution in [2.24, 2.45) is 18.9 Å². The number of carbonyl (C=O) groups is 2. The summed E-state index contributed by atoms with van der Waals surface area (Å²) in [6.45, 7) is 9.79. The van der Waals surface area contributed by atoms with Gasteiger partial charge in [0.2, 0.25) is 5.91 Å². The van der Waals surface area contributed by atoms with Gasteiger partial charge in [0.05, 0.1) is 5.69 Å². The Hall–Kier alpha value is -2.43. The molecule has 1 aliphatic heterocycles. The lowest BCUT2D eigenvalue weighted by Crippen LogP contribution is -2.40. The van der Waals surface area contributed by atoms with Crippen LogP contribution in [0.1, 0.15) is 66.0 Å². The molecule has 1 amide bonds. The molecule has 0 atom stereocenters. The van der Waals surface area contributed by atoms with E-state index in [0.717, 1.165) is 42.6 Å². The van der Waals surface area contributed by atoms with E-state index in [-0.39, 0.29) is 17.6 Å². The van der Waals surface area contributed by atoms with Gasteiger partial charge in [-0.1, -0.05) is 38.1 Å². The van der Waals surface area contributed by atoms with Crippen molar-refractivity contribution >= 4 is 11.7 Å². The van der Waals surface area contributed by atoms with Crippen molar-refractivity contribution in [3.05, 3.63) is 52.3 Å². The van der Waals surface area contributed by atoms with E-state index in [0.29, 0.717) is 25.4 Å². The van der Waals surface area contributed by atoms with Crippen LogP contribution < -0.4 is 0 Å². The average molecular weight is 410 g/mol. The lowest BCUT2D eigenvalue weighted by Gasteiger charge is -2.31. The molecule has 0 bridgehead atoms. The molecule has 3 rings (SSSR count). The zero-order valence-electron chi connectivity index (χ0n) is 19.1. The summed E-state index contributed by atoms with van der Waals surface area (Å²) in [5.74, 6) is 1.04. The fourth-order valence-electron chi connectivity index (χ4n) is 4.47. The molecule has 0 radical (unpaired) electrons. The van der Waals surface area contributed by atoms with Gasteiger partial charge >= 0.3 is 0 Å². The molecule has 0 saturated carbocycles. The third kappa shape index (κ3) is 5.18. The van der Waals surface area contributed by atoms with Gasteiger partial charge in [-0.15, -0.1) is 0 Å². The Kier molecular flexibility index (Phi) is 7.11. The fraction of sp³-hybridized carbons (Fsp3) is 0.560.